The standard InChI is InChI=1S/C11H14N2O3S/c14-9(13-11-12-5-6-17-11)7-3-1-2-4-8(7)10(15)16/h5-8H,1-4H2,(H,15,16)(H,12,13,14)/p-1/t7-,8-/m0/s1. The molecule has 0 aliphatic heterocycles. The normalized spacial score (nSPS) is 24.2. The van der Waals surface area contributed by atoms with E-state index in [-0.39, 0.29) is 5.91 Å². The minimum absolute atomic E-state index is 0.256. The quantitative estimate of drug-likeness (QED) is 0.857. The van der Waals surface area contributed by atoms with Crippen LogP contribution < -0.4 is 10.4 Å². The van der Waals surface area contributed by atoms with Crippen LogP contribution >= 0.6 is 11.3 Å². The highest BCUT2D eigenvalue weighted by Gasteiger charge is 2.31. The Kier molecular flexibility index (Phi) is 3.73. The largest absolute Gasteiger partial charge is 0.550 e. The number of aliphatic carboxylic acids is 1. The third-order valence-corrected chi connectivity index (χ3v) is 3.76. The number of hydrogen-bond donors (Lipinski definition) is 1. The molecule has 6 heteroatoms. The van der Waals surface area contributed by atoms with Crippen molar-refractivity contribution in [2.24, 2.45) is 11.8 Å². The molecular weight excluding hydrogens is 240 g/mol. The van der Waals surface area contributed by atoms with Crippen molar-refractivity contribution in [2.45, 2.75) is 25.7 Å². The van der Waals surface area contributed by atoms with E-state index in [0.29, 0.717) is 18.0 Å². The fourth-order valence-corrected chi connectivity index (χ4v) is 2.74. The number of carboxylic acid groups (broad SMARTS) is 1. The van der Waals surface area contributed by atoms with Gasteiger partial charge in [-0.1, -0.05) is 12.8 Å². The first-order valence-corrected chi connectivity index (χ1v) is 6.47. The first-order chi connectivity index (χ1) is 8.18. The molecule has 0 bridgehead atoms. The third kappa shape index (κ3) is 2.82. The molecule has 1 amide bonds. The molecule has 1 aromatic heterocycles. The van der Waals surface area contributed by atoms with Crippen molar-refractivity contribution in [3.63, 3.8) is 0 Å². The van der Waals surface area contributed by atoms with Gasteiger partial charge in [-0.25, -0.2) is 4.98 Å². The van der Waals surface area contributed by atoms with E-state index < -0.39 is 17.8 Å². The Morgan fingerprint density at radius 3 is 2.65 bits per heavy atom. The van der Waals surface area contributed by atoms with Gasteiger partial charge in [0.25, 0.3) is 0 Å². The molecule has 1 N–H and O–H groups in total. The molecular formula is C11H13N2O3S-. The molecule has 0 spiro atoms. The number of thiazole rings is 1. The molecule has 1 saturated carbocycles. The van der Waals surface area contributed by atoms with Crippen molar-refractivity contribution in [3.8, 4) is 0 Å². The van der Waals surface area contributed by atoms with E-state index in [9.17, 15) is 14.7 Å². The first kappa shape index (κ1) is 12.0. The molecule has 2 atom stereocenters. The monoisotopic (exact) mass is 253 g/mol. The SMILES string of the molecule is O=C([O-])[C@H]1CCCC[C@@H]1C(=O)Nc1nccs1. The lowest BCUT2D eigenvalue weighted by molar-refractivity contribution is -0.313. The van der Waals surface area contributed by atoms with Crippen LogP contribution in [-0.4, -0.2) is 16.9 Å². The second kappa shape index (κ2) is 5.27. The fraction of sp³-hybridized carbons (Fsp3) is 0.545. The number of aromatic nitrogens is 1. The van der Waals surface area contributed by atoms with E-state index in [0.717, 1.165) is 12.8 Å². The second-order valence-corrected chi connectivity index (χ2v) is 5.04. The maximum Gasteiger partial charge on any atom is 0.229 e. The lowest BCUT2D eigenvalue weighted by Gasteiger charge is -2.30. The predicted molar refractivity (Wildman–Crippen MR) is 61.2 cm³/mol. The summed E-state index contributed by atoms with van der Waals surface area (Å²) in [7, 11) is 0. The van der Waals surface area contributed by atoms with Crippen molar-refractivity contribution in [2.75, 3.05) is 5.32 Å². The van der Waals surface area contributed by atoms with Crippen molar-refractivity contribution in [1.82, 2.24) is 4.98 Å². The van der Waals surface area contributed by atoms with E-state index >= 15 is 0 Å². The number of carbonyl (C=O) groups excluding carboxylic acids is 2. The third-order valence-electron chi connectivity index (χ3n) is 3.07. The summed E-state index contributed by atoms with van der Waals surface area (Å²) < 4.78 is 0. The Hall–Kier alpha value is -1.43. The van der Waals surface area contributed by atoms with Crippen molar-refractivity contribution in [1.29, 1.82) is 0 Å². The molecule has 1 aliphatic carbocycles. The maximum atomic E-state index is 11.9. The van der Waals surface area contributed by atoms with Gasteiger partial charge in [0.1, 0.15) is 0 Å². The maximum absolute atomic E-state index is 11.9. The molecule has 0 aromatic carbocycles. The highest BCUT2D eigenvalue weighted by atomic mass is 32.1. The molecule has 1 aliphatic rings. The summed E-state index contributed by atoms with van der Waals surface area (Å²) in [6.07, 6.45) is 4.46. The zero-order valence-corrected chi connectivity index (χ0v) is 10.0. The Bertz CT molecular complexity index is 405. The molecule has 2 rings (SSSR count). The van der Waals surface area contributed by atoms with Crippen LogP contribution in [0.3, 0.4) is 0 Å². The Labute approximate surface area is 103 Å². The average molecular weight is 253 g/mol. The molecule has 0 unspecified atom stereocenters. The number of hydrogen-bond acceptors (Lipinski definition) is 5. The van der Waals surface area contributed by atoms with Gasteiger partial charge in [0.2, 0.25) is 5.91 Å². The predicted octanol–water partition coefficient (Wildman–Crippen LogP) is 0.638. The van der Waals surface area contributed by atoms with Crippen LogP contribution in [0.5, 0.6) is 0 Å². The smallest absolute Gasteiger partial charge is 0.229 e. The summed E-state index contributed by atoms with van der Waals surface area (Å²) >= 11 is 1.32. The Morgan fingerprint density at radius 2 is 2.06 bits per heavy atom. The molecule has 5 nitrogen and oxygen atoms in total. The van der Waals surface area contributed by atoms with Gasteiger partial charge in [-0.2, -0.15) is 0 Å². The van der Waals surface area contributed by atoms with Gasteiger partial charge in [-0.05, 0) is 12.8 Å². The molecule has 17 heavy (non-hydrogen) atoms. The molecule has 92 valence electrons. The number of carbonyl (C=O) groups is 2. The summed E-state index contributed by atoms with van der Waals surface area (Å²) in [6.45, 7) is 0. The summed E-state index contributed by atoms with van der Waals surface area (Å²) in [5, 5.41) is 15.9. The van der Waals surface area contributed by atoms with Crippen LogP contribution in [0.4, 0.5) is 5.13 Å². The van der Waals surface area contributed by atoms with E-state index in [4.69, 9.17) is 0 Å². The van der Waals surface area contributed by atoms with Crippen LogP contribution in [0.25, 0.3) is 0 Å². The van der Waals surface area contributed by atoms with Gasteiger partial charge < -0.3 is 15.2 Å². The fourth-order valence-electron chi connectivity index (χ4n) is 2.21. The molecule has 1 heterocycles. The number of amides is 1. The molecule has 1 aromatic rings. The summed E-state index contributed by atoms with van der Waals surface area (Å²) in [5.41, 5.74) is 0. The number of nitrogens with one attached hydrogen (secondary N) is 1. The Morgan fingerprint density at radius 1 is 1.35 bits per heavy atom. The minimum Gasteiger partial charge on any atom is -0.550 e. The Balaban J connectivity index is 2.03. The molecule has 1 fully saturated rings. The van der Waals surface area contributed by atoms with Gasteiger partial charge in [-0.15, -0.1) is 11.3 Å². The topological polar surface area (TPSA) is 82.1 Å². The van der Waals surface area contributed by atoms with Crippen molar-refractivity contribution >= 4 is 28.3 Å². The number of carboxylic acids is 1. The zero-order chi connectivity index (χ0) is 12.3. The lowest BCUT2D eigenvalue weighted by atomic mass is 9.79. The van der Waals surface area contributed by atoms with E-state index in [1.54, 1.807) is 11.6 Å². The average Bonchev–Trinajstić information content (AvgIpc) is 2.81. The number of rotatable bonds is 3. The summed E-state index contributed by atoms with van der Waals surface area (Å²) in [4.78, 5) is 26.9. The van der Waals surface area contributed by atoms with Gasteiger partial charge in [-0.3, -0.25) is 4.79 Å². The van der Waals surface area contributed by atoms with Crippen LogP contribution in [0.1, 0.15) is 25.7 Å². The summed E-state index contributed by atoms with van der Waals surface area (Å²) in [5.74, 6) is -2.53. The zero-order valence-electron chi connectivity index (χ0n) is 9.22. The van der Waals surface area contributed by atoms with E-state index in [2.05, 4.69) is 10.3 Å². The second-order valence-electron chi connectivity index (χ2n) is 4.14. The highest BCUT2D eigenvalue weighted by molar-refractivity contribution is 7.13. The highest BCUT2D eigenvalue weighted by Crippen LogP contribution is 2.30. The van der Waals surface area contributed by atoms with Crippen molar-refractivity contribution < 1.29 is 14.7 Å². The molecule has 0 radical (unpaired) electrons. The van der Waals surface area contributed by atoms with E-state index in [1.807, 2.05) is 0 Å². The summed E-state index contributed by atoms with van der Waals surface area (Å²) in [6, 6.07) is 0. The van der Waals surface area contributed by atoms with E-state index in [1.165, 1.54) is 11.3 Å². The van der Waals surface area contributed by atoms with Crippen molar-refractivity contribution in [3.05, 3.63) is 11.6 Å². The minimum atomic E-state index is -1.12. The van der Waals surface area contributed by atoms with Gasteiger partial charge in [0.15, 0.2) is 5.13 Å². The van der Waals surface area contributed by atoms with Gasteiger partial charge >= 0.3 is 0 Å². The van der Waals surface area contributed by atoms with Crippen LogP contribution in [0.15, 0.2) is 11.6 Å². The number of nitrogens with zero attached hydrogens (tertiary/aromatic N) is 1. The lowest BCUT2D eigenvalue weighted by Crippen LogP contribution is -2.42. The van der Waals surface area contributed by atoms with Crippen LogP contribution in [0.2, 0.25) is 0 Å². The number of anilines is 1. The first-order valence-electron chi connectivity index (χ1n) is 5.59. The molecule has 0 saturated heterocycles. The van der Waals surface area contributed by atoms with Crippen LogP contribution in [0, 0.1) is 11.8 Å². The van der Waals surface area contributed by atoms with Gasteiger partial charge in [0.05, 0.1) is 0 Å². The van der Waals surface area contributed by atoms with Gasteiger partial charge in [0, 0.05) is 29.4 Å². The van der Waals surface area contributed by atoms with Crippen LogP contribution in [-0.2, 0) is 9.59 Å².